The van der Waals surface area contributed by atoms with Gasteiger partial charge < -0.3 is 14.7 Å². The molecular formula is C17H23NO3. The third-order valence-corrected chi connectivity index (χ3v) is 3.87. The number of rotatable bonds is 7. The van der Waals surface area contributed by atoms with E-state index in [1.54, 1.807) is 13.2 Å². The lowest BCUT2D eigenvalue weighted by atomic mass is 9.91. The minimum absolute atomic E-state index is 0.0240. The number of amides is 1. The quantitative estimate of drug-likeness (QED) is 0.785. The first kappa shape index (κ1) is 15.6. The van der Waals surface area contributed by atoms with Gasteiger partial charge in [0.25, 0.3) is 0 Å². The van der Waals surface area contributed by atoms with Gasteiger partial charge in [-0.1, -0.05) is 12.1 Å². The van der Waals surface area contributed by atoms with Crippen molar-refractivity contribution in [3.63, 3.8) is 0 Å². The molecule has 0 atom stereocenters. The second-order valence-corrected chi connectivity index (χ2v) is 5.30. The summed E-state index contributed by atoms with van der Waals surface area (Å²) in [6.07, 6.45) is 7.40. The van der Waals surface area contributed by atoms with Crippen molar-refractivity contribution in [2.75, 3.05) is 20.3 Å². The number of hydrogen-bond acceptors (Lipinski definition) is 3. The van der Waals surface area contributed by atoms with Gasteiger partial charge in [-0.15, -0.1) is 0 Å². The zero-order chi connectivity index (χ0) is 15.1. The Balaban J connectivity index is 2.00. The molecule has 1 amide bonds. The van der Waals surface area contributed by atoms with E-state index in [-0.39, 0.29) is 12.5 Å². The summed E-state index contributed by atoms with van der Waals surface area (Å²) in [5.41, 5.74) is 0.943. The van der Waals surface area contributed by atoms with Crippen molar-refractivity contribution in [1.82, 2.24) is 4.90 Å². The maximum atomic E-state index is 12.3. The summed E-state index contributed by atoms with van der Waals surface area (Å²) in [5, 5.41) is 8.97. The molecule has 114 valence electrons. The fraction of sp³-hybridized carbons (Fsp3) is 0.471. The van der Waals surface area contributed by atoms with Crippen molar-refractivity contribution in [3.05, 3.63) is 35.9 Å². The molecule has 4 nitrogen and oxygen atoms in total. The molecule has 4 heteroatoms. The third kappa shape index (κ3) is 4.33. The normalized spacial score (nSPS) is 15.0. The third-order valence-electron chi connectivity index (χ3n) is 3.87. The monoisotopic (exact) mass is 289 g/mol. The highest BCUT2D eigenvalue weighted by Gasteiger charge is 2.26. The fourth-order valence-electron chi connectivity index (χ4n) is 2.42. The van der Waals surface area contributed by atoms with E-state index in [9.17, 15) is 4.79 Å². The summed E-state index contributed by atoms with van der Waals surface area (Å²) < 4.78 is 5.17. The van der Waals surface area contributed by atoms with Gasteiger partial charge in [0, 0.05) is 25.3 Å². The topological polar surface area (TPSA) is 49.8 Å². The summed E-state index contributed by atoms with van der Waals surface area (Å²) >= 11 is 0. The first-order chi connectivity index (χ1) is 10.2. The molecule has 0 aliphatic heterocycles. The number of aliphatic hydroxyl groups excluding tert-OH is 1. The molecule has 0 aromatic heterocycles. The Labute approximate surface area is 126 Å². The second kappa shape index (κ2) is 7.84. The first-order valence-corrected chi connectivity index (χ1v) is 7.48. The lowest BCUT2D eigenvalue weighted by Crippen LogP contribution is -2.44. The molecule has 0 unspecified atom stereocenters. The SMILES string of the molecule is COc1cccc(/C=C/C(=O)N(CCCO)C2CCC2)c1. The largest absolute Gasteiger partial charge is 0.497 e. The van der Waals surface area contributed by atoms with Crippen LogP contribution in [0.1, 0.15) is 31.2 Å². The minimum atomic E-state index is 0.0240. The molecule has 1 aliphatic carbocycles. The Morgan fingerprint density at radius 2 is 2.29 bits per heavy atom. The molecule has 1 aliphatic rings. The predicted molar refractivity (Wildman–Crippen MR) is 83.1 cm³/mol. The van der Waals surface area contributed by atoms with Gasteiger partial charge in [-0.3, -0.25) is 4.79 Å². The van der Waals surface area contributed by atoms with Gasteiger partial charge in [-0.25, -0.2) is 0 Å². The highest BCUT2D eigenvalue weighted by atomic mass is 16.5. The van der Waals surface area contributed by atoms with Crippen LogP contribution in [0.2, 0.25) is 0 Å². The maximum absolute atomic E-state index is 12.3. The Morgan fingerprint density at radius 1 is 1.48 bits per heavy atom. The molecule has 1 aromatic carbocycles. The van der Waals surface area contributed by atoms with Gasteiger partial charge in [0.05, 0.1) is 7.11 Å². The van der Waals surface area contributed by atoms with E-state index in [1.807, 2.05) is 35.2 Å². The van der Waals surface area contributed by atoms with Crippen LogP contribution in [0.15, 0.2) is 30.3 Å². The number of benzene rings is 1. The van der Waals surface area contributed by atoms with E-state index in [2.05, 4.69) is 0 Å². The molecule has 1 saturated carbocycles. The summed E-state index contributed by atoms with van der Waals surface area (Å²) in [6.45, 7) is 0.749. The molecule has 0 bridgehead atoms. The second-order valence-electron chi connectivity index (χ2n) is 5.30. The highest BCUT2D eigenvalue weighted by molar-refractivity contribution is 5.92. The first-order valence-electron chi connectivity index (χ1n) is 7.48. The van der Waals surface area contributed by atoms with Crippen molar-refractivity contribution in [2.24, 2.45) is 0 Å². The van der Waals surface area contributed by atoms with Gasteiger partial charge in [0.2, 0.25) is 5.91 Å². The smallest absolute Gasteiger partial charge is 0.246 e. The number of methoxy groups -OCH3 is 1. The summed E-state index contributed by atoms with van der Waals surface area (Å²) in [7, 11) is 1.63. The van der Waals surface area contributed by atoms with Crippen LogP contribution >= 0.6 is 0 Å². The predicted octanol–water partition coefficient (Wildman–Crippen LogP) is 2.47. The number of aliphatic hydroxyl groups is 1. The summed E-state index contributed by atoms with van der Waals surface area (Å²) in [4.78, 5) is 14.2. The van der Waals surface area contributed by atoms with E-state index in [0.29, 0.717) is 19.0 Å². The number of carbonyl (C=O) groups excluding carboxylic acids is 1. The number of ether oxygens (including phenoxy) is 1. The van der Waals surface area contributed by atoms with E-state index in [4.69, 9.17) is 9.84 Å². The van der Waals surface area contributed by atoms with Crippen molar-refractivity contribution in [3.8, 4) is 5.75 Å². The van der Waals surface area contributed by atoms with E-state index in [1.165, 1.54) is 6.42 Å². The molecule has 0 heterocycles. The Kier molecular flexibility index (Phi) is 5.81. The molecule has 0 radical (unpaired) electrons. The summed E-state index contributed by atoms with van der Waals surface area (Å²) in [6, 6.07) is 7.96. The van der Waals surface area contributed by atoms with Crippen LogP contribution in [0.25, 0.3) is 6.08 Å². The standard InChI is InChI=1S/C17H23NO3/c1-21-16-8-2-5-14(13-16)9-10-17(20)18(11-4-12-19)15-6-3-7-15/h2,5,8-10,13,15,19H,3-4,6-7,11-12H2,1H3/b10-9+. The molecule has 0 spiro atoms. The molecule has 1 aromatic rings. The van der Waals surface area contributed by atoms with Crippen molar-refractivity contribution in [1.29, 1.82) is 0 Å². The Hall–Kier alpha value is -1.81. The van der Waals surface area contributed by atoms with Gasteiger partial charge in [-0.05, 0) is 49.5 Å². The highest BCUT2D eigenvalue weighted by Crippen LogP contribution is 2.25. The summed E-state index contributed by atoms with van der Waals surface area (Å²) in [5.74, 6) is 0.802. The molecular weight excluding hydrogens is 266 g/mol. The zero-order valence-electron chi connectivity index (χ0n) is 12.5. The molecule has 2 rings (SSSR count). The van der Waals surface area contributed by atoms with E-state index in [0.717, 1.165) is 24.2 Å². The zero-order valence-corrected chi connectivity index (χ0v) is 12.5. The van der Waals surface area contributed by atoms with Crippen LogP contribution in [-0.2, 0) is 4.79 Å². The average molecular weight is 289 g/mol. The maximum Gasteiger partial charge on any atom is 0.246 e. The lowest BCUT2D eigenvalue weighted by Gasteiger charge is -2.37. The average Bonchev–Trinajstić information content (AvgIpc) is 2.47. The van der Waals surface area contributed by atoms with Crippen LogP contribution in [0.4, 0.5) is 0 Å². The van der Waals surface area contributed by atoms with Crippen LogP contribution in [0, 0.1) is 0 Å². The van der Waals surface area contributed by atoms with Crippen molar-refractivity contribution in [2.45, 2.75) is 31.7 Å². The molecule has 1 N–H and O–H groups in total. The fourth-order valence-corrected chi connectivity index (χ4v) is 2.42. The van der Waals surface area contributed by atoms with Crippen molar-refractivity contribution < 1.29 is 14.6 Å². The number of nitrogens with zero attached hydrogens (tertiary/aromatic N) is 1. The van der Waals surface area contributed by atoms with Crippen LogP contribution in [0.5, 0.6) is 5.75 Å². The van der Waals surface area contributed by atoms with E-state index >= 15 is 0 Å². The van der Waals surface area contributed by atoms with Gasteiger partial charge >= 0.3 is 0 Å². The molecule has 21 heavy (non-hydrogen) atoms. The number of hydrogen-bond donors (Lipinski definition) is 1. The van der Waals surface area contributed by atoms with Gasteiger partial charge in [-0.2, -0.15) is 0 Å². The van der Waals surface area contributed by atoms with Crippen LogP contribution in [0.3, 0.4) is 0 Å². The number of carbonyl (C=O) groups is 1. The Morgan fingerprint density at radius 3 is 2.90 bits per heavy atom. The minimum Gasteiger partial charge on any atom is -0.497 e. The molecule has 1 fully saturated rings. The van der Waals surface area contributed by atoms with Crippen LogP contribution < -0.4 is 4.74 Å². The Bertz CT molecular complexity index is 495. The van der Waals surface area contributed by atoms with Gasteiger partial charge in [0.1, 0.15) is 5.75 Å². The molecule has 0 saturated heterocycles. The lowest BCUT2D eigenvalue weighted by molar-refractivity contribution is -0.130. The van der Waals surface area contributed by atoms with Crippen LogP contribution in [-0.4, -0.2) is 42.2 Å². The van der Waals surface area contributed by atoms with E-state index < -0.39 is 0 Å². The van der Waals surface area contributed by atoms with Crippen molar-refractivity contribution >= 4 is 12.0 Å². The van der Waals surface area contributed by atoms with Gasteiger partial charge in [0.15, 0.2) is 0 Å².